The zero-order chi connectivity index (χ0) is 14.7. The number of nitrogens with one attached hydrogen (secondary N) is 1. The molecule has 2 atom stereocenters. The van der Waals surface area contributed by atoms with Crippen molar-refractivity contribution >= 4 is 0 Å². The van der Waals surface area contributed by atoms with Crippen LogP contribution in [0.15, 0.2) is 48.5 Å². The number of hydrogen-bond acceptors (Lipinski definition) is 1. The molecule has 2 aromatic carbocycles. The maximum atomic E-state index is 13.9. The molecule has 2 heteroatoms. The van der Waals surface area contributed by atoms with Crippen molar-refractivity contribution in [1.82, 2.24) is 5.32 Å². The Morgan fingerprint density at radius 2 is 1.81 bits per heavy atom. The lowest BCUT2D eigenvalue weighted by Crippen LogP contribution is -2.25. The Hall–Kier alpha value is -1.67. The first-order valence-corrected chi connectivity index (χ1v) is 7.84. The zero-order valence-corrected chi connectivity index (χ0v) is 12.5. The molecule has 0 radical (unpaired) electrons. The van der Waals surface area contributed by atoms with Gasteiger partial charge in [-0.15, -0.1) is 0 Å². The molecule has 0 aliphatic heterocycles. The Morgan fingerprint density at radius 1 is 1.05 bits per heavy atom. The topological polar surface area (TPSA) is 12.0 Å². The summed E-state index contributed by atoms with van der Waals surface area (Å²) >= 11 is 0. The second-order valence-electron chi connectivity index (χ2n) is 5.91. The Kier molecular flexibility index (Phi) is 4.35. The summed E-state index contributed by atoms with van der Waals surface area (Å²) in [5.74, 6) is -0.126. The van der Waals surface area contributed by atoms with Crippen LogP contribution in [0.4, 0.5) is 4.39 Å². The molecule has 2 aromatic rings. The average Bonchev–Trinajstić information content (AvgIpc) is 2.70. The van der Waals surface area contributed by atoms with Gasteiger partial charge in [-0.05, 0) is 43.4 Å². The van der Waals surface area contributed by atoms with Gasteiger partial charge in [0.15, 0.2) is 0 Å². The first-order chi connectivity index (χ1) is 10.3. The summed E-state index contributed by atoms with van der Waals surface area (Å²) in [4.78, 5) is 0. The zero-order valence-electron chi connectivity index (χ0n) is 12.5. The number of aryl methyl sites for hydroxylation is 1. The molecule has 110 valence electrons. The molecule has 0 heterocycles. The van der Waals surface area contributed by atoms with Gasteiger partial charge in [-0.1, -0.05) is 48.9 Å². The molecule has 0 saturated heterocycles. The fraction of sp³-hybridized carbons (Fsp3) is 0.368. The van der Waals surface area contributed by atoms with Crippen molar-refractivity contribution in [2.75, 3.05) is 0 Å². The smallest absolute Gasteiger partial charge is 0.127 e. The molecule has 1 N–H and O–H groups in total. The minimum Gasteiger partial charge on any atom is -0.303 e. The molecule has 0 saturated carbocycles. The molecule has 0 bridgehead atoms. The van der Waals surface area contributed by atoms with E-state index in [1.807, 2.05) is 19.1 Å². The molecule has 1 aliphatic carbocycles. The van der Waals surface area contributed by atoms with Crippen molar-refractivity contribution in [2.45, 2.75) is 44.7 Å². The highest BCUT2D eigenvalue weighted by atomic mass is 19.1. The fourth-order valence-electron chi connectivity index (χ4n) is 3.31. The first kappa shape index (κ1) is 14.3. The maximum absolute atomic E-state index is 13.9. The molecule has 1 unspecified atom stereocenters. The molecule has 1 aliphatic rings. The van der Waals surface area contributed by atoms with Crippen LogP contribution >= 0.6 is 0 Å². The lowest BCUT2D eigenvalue weighted by Gasteiger charge is -2.24. The largest absolute Gasteiger partial charge is 0.303 e. The van der Waals surface area contributed by atoms with Crippen molar-refractivity contribution in [1.29, 1.82) is 0 Å². The van der Waals surface area contributed by atoms with Crippen molar-refractivity contribution in [3.8, 4) is 0 Å². The van der Waals surface area contributed by atoms with Crippen molar-refractivity contribution in [3.63, 3.8) is 0 Å². The number of fused-ring (bicyclic) bond motifs is 1. The van der Waals surface area contributed by atoms with Gasteiger partial charge in [0.1, 0.15) is 5.82 Å². The second kappa shape index (κ2) is 6.40. The van der Waals surface area contributed by atoms with Crippen LogP contribution in [0.2, 0.25) is 0 Å². The van der Waals surface area contributed by atoms with Gasteiger partial charge in [0.25, 0.3) is 0 Å². The summed E-state index contributed by atoms with van der Waals surface area (Å²) in [5, 5.41) is 3.63. The van der Waals surface area contributed by atoms with Crippen LogP contribution < -0.4 is 5.32 Å². The molecular weight excluding hydrogens is 261 g/mol. The molecule has 21 heavy (non-hydrogen) atoms. The number of rotatable bonds is 3. The molecule has 0 aromatic heterocycles. The molecule has 1 nitrogen and oxygen atoms in total. The van der Waals surface area contributed by atoms with Gasteiger partial charge in [0, 0.05) is 17.6 Å². The van der Waals surface area contributed by atoms with Crippen LogP contribution in [0.25, 0.3) is 0 Å². The van der Waals surface area contributed by atoms with Crippen LogP contribution in [-0.2, 0) is 6.42 Å². The highest BCUT2D eigenvalue weighted by molar-refractivity contribution is 5.32. The van der Waals surface area contributed by atoms with E-state index in [9.17, 15) is 4.39 Å². The van der Waals surface area contributed by atoms with E-state index in [-0.39, 0.29) is 11.9 Å². The van der Waals surface area contributed by atoms with Crippen LogP contribution in [0, 0.1) is 5.82 Å². The minimum atomic E-state index is -0.126. The van der Waals surface area contributed by atoms with Crippen LogP contribution in [0.3, 0.4) is 0 Å². The first-order valence-electron chi connectivity index (χ1n) is 7.84. The molecular formula is C19H22FN. The third kappa shape index (κ3) is 3.16. The van der Waals surface area contributed by atoms with E-state index in [1.165, 1.54) is 30.0 Å². The molecule has 0 spiro atoms. The SMILES string of the molecule is C[C@@H](NC1CCCCc2ccccc21)c1ccccc1F. The normalized spacial score (nSPS) is 19.6. The standard InChI is InChI=1S/C19H22FN/c1-14(16-10-5-6-12-18(16)20)21-19-13-7-3-9-15-8-2-4-11-17(15)19/h2,4-6,8,10-12,14,19,21H,3,7,9,13H2,1H3/t14-,19?/m1/s1. The third-order valence-corrected chi connectivity index (χ3v) is 4.44. The van der Waals surface area contributed by atoms with Gasteiger partial charge in [0.2, 0.25) is 0 Å². The van der Waals surface area contributed by atoms with Crippen LogP contribution in [0.5, 0.6) is 0 Å². The lowest BCUT2D eigenvalue weighted by atomic mass is 9.97. The van der Waals surface area contributed by atoms with Gasteiger partial charge < -0.3 is 5.32 Å². The van der Waals surface area contributed by atoms with Gasteiger partial charge in [0.05, 0.1) is 0 Å². The van der Waals surface area contributed by atoms with E-state index in [1.54, 1.807) is 6.07 Å². The van der Waals surface area contributed by atoms with Crippen LogP contribution in [0.1, 0.15) is 55.0 Å². The quantitative estimate of drug-likeness (QED) is 0.786. The van der Waals surface area contributed by atoms with Gasteiger partial charge in [-0.3, -0.25) is 0 Å². The van der Waals surface area contributed by atoms with Crippen molar-refractivity contribution in [2.24, 2.45) is 0 Å². The van der Waals surface area contributed by atoms with E-state index in [4.69, 9.17) is 0 Å². The van der Waals surface area contributed by atoms with E-state index >= 15 is 0 Å². The number of hydrogen-bond donors (Lipinski definition) is 1. The summed E-state index contributed by atoms with van der Waals surface area (Å²) in [6, 6.07) is 16.0. The maximum Gasteiger partial charge on any atom is 0.127 e. The van der Waals surface area contributed by atoms with Crippen molar-refractivity contribution < 1.29 is 4.39 Å². The van der Waals surface area contributed by atoms with Gasteiger partial charge in [-0.25, -0.2) is 4.39 Å². The van der Waals surface area contributed by atoms with E-state index in [2.05, 4.69) is 29.6 Å². The number of halogens is 1. The van der Waals surface area contributed by atoms with E-state index in [0.29, 0.717) is 6.04 Å². The van der Waals surface area contributed by atoms with Crippen molar-refractivity contribution in [3.05, 3.63) is 71.0 Å². The van der Waals surface area contributed by atoms with Gasteiger partial charge >= 0.3 is 0 Å². The van der Waals surface area contributed by atoms with Crippen LogP contribution in [-0.4, -0.2) is 0 Å². The highest BCUT2D eigenvalue weighted by Crippen LogP contribution is 2.31. The average molecular weight is 283 g/mol. The summed E-state index contributed by atoms with van der Waals surface area (Å²) in [6.07, 6.45) is 4.73. The molecule has 0 fully saturated rings. The Balaban J connectivity index is 1.83. The Labute approximate surface area is 126 Å². The summed E-state index contributed by atoms with van der Waals surface area (Å²) in [6.45, 7) is 2.05. The Bertz CT molecular complexity index is 608. The predicted octanol–water partition coefficient (Wildman–Crippen LogP) is 4.94. The predicted molar refractivity (Wildman–Crippen MR) is 84.7 cm³/mol. The summed E-state index contributed by atoms with van der Waals surface area (Å²) < 4.78 is 13.9. The highest BCUT2D eigenvalue weighted by Gasteiger charge is 2.21. The summed E-state index contributed by atoms with van der Waals surface area (Å²) in [7, 11) is 0. The molecule has 3 rings (SSSR count). The monoisotopic (exact) mass is 283 g/mol. The Morgan fingerprint density at radius 3 is 2.67 bits per heavy atom. The minimum absolute atomic E-state index is 0.0161. The molecule has 0 amide bonds. The second-order valence-corrected chi connectivity index (χ2v) is 5.91. The van der Waals surface area contributed by atoms with E-state index < -0.39 is 0 Å². The number of benzene rings is 2. The lowest BCUT2D eigenvalue weighted by molar-refractivity contribution is 0.427. The van der Waals surface area contributed by atoms with Gasteiger partial charge in [-0.2, -0.15) is 0 Å². The fourth-order valence-corrected chi connectivity index (χ4v) is 3.31. The third-order valence-electron chi connectivity index (χ3n) is 4.44. The van der Waals surface area contributed by atoms with E-state index in [0.717, 1.165) is 18.4 Å². The summed E-state index contributed by atoms with van der Waals surface area (Å²) in [5.41, 5.74) is 3.57.